The summed E-state index contributed by atoms with van der Waals surface area (Å²) in [6.45, 7) is 2.77. The van der Waals surface area contributed by atoms with E-state index >= 15 is 0 Å². The van der Waals surface area contributed by atoms with E-state index < -0.39 is 16.6 Å². The van der Waals surface area contributed by atoms with Crippen molar-refractivity contribution in [1.29, 1.82) is 0 Å². The third kappa shape index (κ3) is 4.25. The number of nitrogens with one attached hydrogen (secondary N) is 2. The molecule has 28 heavy (non-hydrogen) atoms. The summed E-state index contributed by atoms with van der Waals surface area (Å²) in [7, 11) is 0. The number of hydrogen-bond donors (Lipinski definition) is 2. The van der Waals surface area contributed by atoms with E-state index in [4.69, 9.17) is 0 Å². The quantitative estimate of drug-likeness (QED) is 0.604. The van der Waals surface area contributed by atoms with Gasteiger partial charge in [-0.3, -0.25) is 19.7 Å². The summed E-state index contributed by atoms with van der Waals surface area (Å²) in [5.41, 5.74) is 0.529. The molecular formula is C19H19FN4O4. The van der Waals surface area contributed by atoms with Crippen LogP contribution < -0.4 is 15.5 Å². The van der Waals surface area contributed by atoms with Gasteiger partial charge in [0.05, 0.1) is 10.6 Å². The van der Waals surface area contributed by atoms with E-state index in [1.165, 1.54) is 31.2 Å². The zero-order chi connectivity index (χ0) is 20.3. The maximum Gasteiger partial charge on any atom is 0.293 e. The van der Waals surface area contributed by atoms with Gasteiger partial charge in [-0.05, 0) is 43.2 Å². The molecule has 2 amide bonds. The summed E-state index contributed by atoms with van der Waals surface area (Å²) >= 11 is 0. The summed E-state index contributed by atoms with van der Waals surface area (Å²) in [5.74, 6) is -1.71. The molecule has 1 aliphatic rings. The van der Waals surface area contributed by atoms with Crippen molar-refractivity contribution < 1.29 is 18.9 Å². The number of nitro benzene ring substituents is 1. The van der Waals surface area contributed by atoms with Crippen LogP contribution in [0, 0.1) is 15.9 Å². The Balaban J connectivity index is 1.85. The van der Waals surface area contributed by atoms with Gasteiger partial charge in [0.25, 0.3) is 11.6 Å². The van der Waals surface area contributed by atoms with Crippen molar-refractivity contribution >= 4 is 34.6 Å². The Labute approximate surface area is 160 Å². The lowest BCUT2D eigenvalue weighted by atomic mass is 10.1. The van der Waals surface area contributed by atoms with Gasteiger partial charge < -0.3 is 15.5 Å². The van der Waals surface area contributed by atoms with Gasteiger partial charge in [-0.15, -0.1) is 0 Å². The Kier molecular flexibility index (Phi) is 5.53. The second-order valence-corrected chi connectivity index (χ2v) is 6.48. The van der Waals surface area contributed by atoms with E-state index in [0.717, 1.165) is 32.0 Å². The van der Waals surface area contributed by atoms with Gasteiger partial charge >= 0.3 is 0 Å². The molecule has 2 aromatic carbocycles. The van der Waals surface area contributed by atoms with E-state index in [2.05, 4.69) is 10.6 Å². The lowest BCUT2D eigenvalue weighted by Gasteiger charge is -2.18. The highest BCUT2D eigenvalue weighted by molar-refractivity contribution is 6.05. The van der Waals surface area contributed by atoms with Gasteiger partial charge in [-0.2, -0.15) is 0 Å². The normalized spacial score (nSPS) is 13.3. The zero-order valence-corrected chi connectivity index (χ0v) is 15.2. The minimum absolute atomic E-state index is 0.0407. The summed E-state index contributed by atoms with van der Waals surface area (Å²) in [6.07, 6.45) is 1.92. The number of nitro groups is 1. The number of amides is 2. The predicted molar refractivity (Wildman–Crippen MR) is 103 cm³/mol. The van der Waals surface area contributed by atoms with Crippen LogP contribution >= 0.6 is 0 Å². The second kappa shape index (κ2) is 8.03. The van der Waals surface area contributed by atoms with E-state index in [1.807, 2.05) is 4.90 Å². The van der Waals surface area contributed by atoms with Crippen molar-refractivity contribution in [3.63, 3.8) is 0 Å². The van der Waals surface area contributed by atoms with E-state index in [0.29, 0.717) is 11.4 Å². The first-order valence-corrected chi connectivity index (χ1v) is 8.77. The van der Waals surface area contributed by atoms with Crippen molar-refractivity contribution in [2.75, 3.05) is 28.6 Å². The Morgan fingerprint density at radius 1 is 1.11 bits per heavy atom. The monoisotopic (exact) mass is 386 g/mol. The average Bonchev–Trinajstić information content (AvgIpc) is 3.18. The molecule has 2 aromatic rings. The Bertz CT molecular complexity index is 942. The van der Waals surface area contributed by atoms with Crippen LogP contribution in [0.4, 0.5) is 27.1 Å². The van der Waals surface area contributed by atoms with Crippen LogP contribution in [0.3, 0.4) is 0 Å². The summed E-state index contributed by atoms with van der Waals surface area (Å²) < 4.78 is 14.0. The predicted octanol–water partition coefficient (Wildman–Crippen LogP) is 3.54. The third-order valence-corrected chi connectivity index (χ3v) is 4.42. The molecule has 0 spiro atoms. The molecule has 1 aliphatic heterocycles. The molecule has 3 rings (SSSR count). The highest BCUT2D eigenvalue weighted by Gasteiger charge is 2.24. The number of rotatable bonds is 5. The molecule has 0 saturated carbocycles. The van der Waals surface area contributed by atoms with Gasteiger partial charge in [0, 0.05) is 37.3 Å². The fourth-order valence-electron chi connectivity index (χ4n) is 3.13. The lowest BCUT2D eigenvalue weighted by molar-refractivity contribution is -0.384. The van der Waals surface area contributed by atoms with Crippen LogP contribution in [0.5, 0.6) is 0 Å². The maximum absolute atomic E-state index is 14.0. The van der Waals surface area contributed by atoms with Gasteiger partial charge in [0.1, 0.15) is 11.5 Å². The fourth-order valence-corrected chi connectivity index (χ4v) is 3.13. The van der Waals surface area contributed by atoms with Gasteiger partial charge in [-0.25, -0.2) is 4.39 Å². The first-order valence-electron chi connectivity index (χ1n) is 8.77. The molecule has 2 N–H and O–H groups in total. The van der Waals surface area contributed by atoms with E-state index in [1.54, 1.807) is 6.07 Å². The number of nitrogens with zero attached hydrogens (tertiary/aromatic N) is 2. The minimum Gasteiger partial charge on any atom is -0.366 e. The van der Waals surface area contributed by atoms with Crippen LogP contribution in [-0.4, -0.2) is 29.8 Å². The second-order valence-electron chi connectivity index (χ2n) is 6.48. The largest absolute Gasteiger partial charge is 0.366 e. The number of benzene rings is 2. The van der Waals surface area contributed by atoms with Crippen molar-refractivity contribution in [3.8, 4) is 0 Å². The molecule has 0 unspecified atom stereocenters. The smallest absolute Gasteiger partial charge is 0.293 e. The number of halogens is 1. The van der Waals surface area contributed by atoms with Crippen LogP contribution in [0.25, 0.3) is 0 Å². The minimum atomic E-state index is -0.689. The first-order chi connectivity index (χ1) is 13.3. The highest BCUT2D eigenvalue weighted by Crippen LogP contribution is 2.32. The SMILES string of the molecule is CC(=O)Nc1ccc(F)c(NC(=O)c2ccc(N3CCCC3)c([N+](=O)[O-])c2)c1. The molecule has 1 saturated heterocycles. The molecule has 0 bridgehead atoms. The first kappa shape index (κ1) is 19.3. The van der Waals surface area contributed by atoms with Gasteiger partial charge in [-0.1, -0.05) is 0 Å². The number of carbonyl (C=O) groups excluding carboxylic acids is 2. The van der Waals surface area contributed by atoms with Crippen LogP contribution in [-0.2, 0) is 4.79 Å². The summed E-state index contributed by atoms with van der Waals surface area (Å²) in [5, 5.41) is 16.4. The molecule has 0 aliphatic carbocycles. The van der Waals surface area contributed by atoms with Crippen LogP contribution in [0.1, 0.15) is 30.1 Å². The van der Waals surface area contributed by atoms with Crippen molar-refractivity contribution in [2.45, 2.75) is 19.8 Å². The van der Waals surface area contributed by atoms with Crippen molar-refractivity contribution in [3.05, 3.63) is 57.9 Å². The van der Waals surface area contributed by atoms with Crippen molar-refractivity contribution in [1.82, 2.24) is 0 Å². The Morgan fingerprint density at radius 2 is 1.82 bits per heavy atom. The molecule has 1 fully saturated rings. The topological polar surface area (TPSA) is 105 Å². The fraction of sp³-hybridized carbons (Fsp3) is 0.263. The molecule has 0 aromatic heterocycles. The molecule has 8 nitrogen and oxygen atoms in total. The number of hydrogen-bond acceptors (Lipinski definition) is 5. The Morgan fingerprint density at radius 3 is 2.46 bits per heavy atom. The van der Waals surface area contributed by atoms with Gasteiger partial charge in [0.2, 0.25) is 5.91 Å². The van der Waals surface area contributed by atoms with Crippen molar-refractivity contribution in [2.24, 2.45) is 0 Å². The van der Waals surface area contributed by atoms with E-state index in [9.17, 15) is 24.1 Å². The standard InChI is InChI=1S/C19H19FN4O4/c1-12(25)21-14-5-6-15(20)16(11-14)22-19(26)13-4-7-17(18(10-13)24(27)28)23-8-2-3-9-23/h4-7,10-11H,2-3,8-9H2,1H3,(H,21,25)(H,22,26). The summed E-state index contributed by atoms with van der Waals surface area (Å²) in [6, 6.07) is 7.97. The van der Waals surface area contributed by atoms with Crippen LogP contribution in [0.2, 0.25) is 0 Å². The molecule has 1 heterocycles. The Hall–Kier alpha value is -3.49. The van der Waals surface area contributed by atoms with E-state index in [-0.39, 0.29) is 22.8 Å². The molecule has 146 valence electrons. The molecule has 0 atom stereocenters. The average molecular weight is 386 g/mol. The highest BCUT2D eigenvalue weighted by atomic mass is 19.1. The van der Waals surface area contributed by atoms with Crippen LogP contribution in [0.15, 0.2) is 36.4 Å². The number of carbonyl (C=O) groups is 2. The maximum atomic E-state index is 14.0. The summed E-state index contributed by atoms with van der Waals surface area (Å²) in [4.78, 5) is 36.5. The number of anilines is 3. The molecule has 9 heteroatoms. The zero-order valence-electron chi connectivity index (χ0n) is 15.2. The molecule has 0 radical (unpaired) electrons. The lowest BCUT2D eigenvalue weighted by Crippen LogP contribution is -2.20. The molecular weight excluding hydrogens is 367 g/mol. The third-order valence-electron chi connectivity index (χ3n) is 4.42. The van der Waals surface area contributed by atoms with Gasteiger partial charge in [0.15, 0.2) is 0 Å².